The van der Waals surface area contributed by atoms with Gasteiger partial charge in [-0.05, 0) is 36.6 Å². The highest BCUT2D eigenvalue weighted by Crippen LogP contribution is 2.19. The van der Waals surface area contributed by atoms with Crippen molar-refractivity contribution in [3.63, 3.8) is 0 Å². The lowest BCUT2D eigenvalue weighted by molar-refractivity contribution is -0.160. The Balaban J connectivity index is 1.55. The first-order valence-corrected chi connectivity index (χ1v) is 9.26. The highest BCUT2D eigenvalue weighted by molar-refractivity contribution is 6.30. The van der Waals surface area contributed by atoms with Gasteiger partial charge in [-0.1, -0.05) is 55.2 Å². The number of ether oxygens (including phenoxy) is 2. The largest absolute Gasteiger partial charge is 0.341 e. The van der Waals surface area contributed by atoms with Gasteiger partial charge < -0.3 is 9.47 Å². The number of halogens is 1. The third-order valence-electron chi connectivity index (χ3n) is 4.02. The summed E-state index contributed by atoms with van der Waals surface area (Å²) in [7, 11) is 0. The summed E-state index contributed by atoms with van der Waals surface area (Å²) in [6.45, 7) is 3.46. The van der Waals surface area contributed by atoms with Crippen LogP contribution < -0.4 is 0 Å². The molecule has 4 heteroatoms. The zero-order valence-corrected chi connectivity index (χ0v) is 15.6. The zero-order chi connectivity index (χ0) is 18.2. The monoisotopic (exact) mass is 367 g/mol. The summed E-state index contributed by atoms with van der Waals surface area (Å²) in [4.78, 5) is 4.46. The summed E-state index contributed by atoms with van der Waals surface area (Å²) in [5.41, 5.74) is 2.74. The summed E-state index contributed by atoms with van der Waals surface area (Å²) in [5.74, 6) is 6.40. The van der Waals surface area contributed by atoms with Gasteiger partial charge in [0.15, 0.2) is 0 Å². The minimum Gasteiger partial charge on any atom is -0.341 e. The molecule has 2 aromatic rings. The zero-order valence-electron chi connectivity index (χ0n) is 14.8. The number of benzene rings is 1. The van der Waals surface area contributed by atoms with Crippen LogP contribution in [0.3, 0.4) is 0 Å². The van der Waals surface area contributed by atoms with Gasteiger partial charge >= 0.3 is 0 Å². The minimum absolute atomic E-state index is 0.319. The number of hydrogen-bond acceptors (Lipinski definition) is 3. The predicted octanol–water partition coefficient (Wildman–Crippen LogP) is 5.10. The van der Waals surface area contributed by atoms with Gasteiger partial charge in [0.2, 0.25) is 6.29 Å². The van der Waals surface area contributed by atoms with Crippen LogP contribution in [0, 0.1) is 17.8 Å². The Kier molecular flexibility index (Phi) is 6.85. The van der Waals surface area contributed by atoms with E-state index >= 15 is 0 Å². The molecule has 0 bridgehead atoms. The van der Waals surface area contributed by atoms with Crippen molar-refractivity contribution in [2.24, 2.45) is 5.92 Å². The molecule has 0 amide bonds. The molecule has 1 saturated heterocycles. The van der Waals surface area contributed by atoms with Crippen LogP contribution in [0.1, 0.15) is 25.3 Å². The summed E-state index contributed by atoms with van der Waals surface area (Å²) < 4.78 is 11.3. The van der Waals surface area contributed by atoms with Gasteiger partial charge in [-0.2, -0.15) is 0 Å². The Hall–Kier alpha value is -2.12. The Morgan fingerprint density at radius 3 is 2.58 bits per heavy atom. The third-order valence-corrected chi connectivity index (χ3v) is 4.28. The van der Waals surface area contributed by atoms with Crippen LogP contribution in [0.4, 0.5) is 0 Å². The van der Waals surface area contributed by atoms with Gasteiger partial charge in [0.1, 0.15) is 0 Å². The molecule has 0 atom stereocenters. The summed E-state index contributed by atoms with van der Waals surface area (Å²) in [6.07, 6.45) is 7.91. The molecule has 0 unspecified atom stereocenters. The lowest BCUT2D eigenvalue weighted by atomic mass is 10.1. The van der Waals surface area contributed by atoms with Crippen molar-refractivity contribution < 1.29 is 9.47 Å². The molecule has 0 spiro atoms. The second-order valence-electron chi connectivity index (χ2n) is 6.18. The fraction of sp³-hybridized carbons (Fsp3) is 0.318. The van der Waals surface area contributed by atoms with Crippen LogP contribution >= 0.6 is 11.6 Å². The molecule has 1 aromatic carbocycles. The SMILES string of the molecule is CCCC=CC1COC(C#Cc2ccc(-c3ccc(Cl)cc3)nc2)OC1. The second-order valence-corrected chi connectivity index (χ2v) is 6.62. The molecular weight excluding hydrogens is 346 g/mol. The maximum atomic E-state index is 5.91. The van der Waals surface area contributed by atoms with E-state index in [0.717, 1.165) is 29.7 Å². The van der Waals surface area contributed by atoms with Crippen LogP contribution in [0.5, 0.6) is 0 Å². The minimum atomic E-state index is -0.471. The van der Waals surface area contributed by atoms with E-state index in [9.17, 15) is 0 Å². The third kappa shape index (κ3) is 5.44. The van der Waals surface area contributed by atoms with E-state index in [0.29, 0.717) is 24.2 Å². The molecular formula is C22H22ClNO2. The van der Waals surface area contributed by atoms with E-state index in [1.54, 1.807) is 6.20 Å². The van der Waals surface area contributed by atoms with Crippen molar-refractivity contribution in [3.05, 3.63) is 65.3 Å². The van der Waals surface area contributed by atoms with E-state index in [1.165, 1.54) is 0 Å². The number of aromatic nitrogens is 1. The number of allylic oxidation sites excluding steroid dienone is 1. The number of hydrogen-bond donors (Lipinski definition) is 0. The van der Waals surface area contributed by atoms with Crippen LogP contribution in [-0.2, 0) is 9.47 Å². The van der Waals surface area contributed by atoms with E-state index < -0.39 is 6.29 Å². The van der Waals surface area contributed by atoms with E-state index in [4.69, 9.17) is 21.1 Å². The van der Waals surface area contributed by atoms with Crippen molar-refractivity contribution in [2.45, 2.75) is 26.1 Å². The van der Waals surface area contributed by atoms with Gasteiger partial charge in [0.05, 0.1) is 18.9 Å². The van der Waals surface area contributed by atoms with Crippen LogP contribution in [-0.4, -0.2) is 24.5 Å². The van der Waals surface area contributed by atoms with Crippen molar-refractivity contribution in [2.75, 3.05) is 13.2 Å². The van der Waals surface area contributed by atoms with Crippen LogP contribution in [0.2, 0.25) is 5.02 Å². The molecule has 1 aliphatic rings. The molecule has 26 heavy (non-hydrogen) atoms. The maximum absolute atomic E-state index is 5.91. The molecule has 1 aromatic heterocycles. The van der Waals surface area contributed by atoms with Crippen LogP contribution in [0.25, 0.3) is 11.3 Å². The normalized spacial score (nSPS) is 19.9. The predicted molar refractivity (Wildman–Crippen MR) is 105 cm³/mol. The molecule has 1 fully saturated rings. The van der Waals surface area contributed by atoms with E-state index in [-0.39, 0.29) is 0 Å². The quantitative estimate of drug-likeness (QED) is 0.556. The maximum Gasteiger partial charge on any atom is 0.222 e. The average molecular weight is 368 g/mol. The van der Waals surface area contributed by atoms with Crippen molar-refractivity contribution in [1.29, 1.82) is 0 Å². The van der Waals surface area contributed by atoms with Gasteiger partial charge in [-0.25, -0.2) is 0 Å². The lowest BCUT2D eigenvalue weighted by Crippen LogP contribution is -2.30. The van der Waals surface area contributed by atoms with Crippen LogP contribution in [0.15, 0.2) is 54.7 Å². The average Bonchev–Trinajstić information content (AvgIpc) is 2.69. The van der Waals surface area contributed by atoms with Gasteiger partial charge in [-0.3, -0.25) is 4.98 Å². The molecule has 3 nitrogen and oxygen atoms in total. The molecule has 0 aliphatic carbocycles. The summed E-state index contributed by atoms with van der Waals surface area (Å²) >= 11 is 5.91. The first-order valence-electron chi connectivity index (χ1n) is 8.88. The standard InChI is InChI=1S/C22H22ClNO2/c1-2-3-4-5-18-15-25-22(26-16-18)13-7-17-6-12-21(24-14-17)19-8-10-20(23)11-9-19/h4-6,8-12,14,18,22H,2-3,15-16H2,1H3. The molecule has 0 radical (unpaired) electrons. The summed E-state index contributed by atoms with van der Waals surface area (Å²) in [5, 5.41) is 0.715. The Morgan fingerprint density at radius 1 is 1.15 bits per heavy atom. The first kappa shape index (κ1) is 18.7. The topological polar surface area (TPSA) is 31.4 Å². The molecule has 134 valence electrons. The number of rotatable bonds is 4. The Morgan fingerprint density at radius 2 is 1.92 bits per heavy atom. The molecule has 1 aliphatic heterocycles. The Bertz CT molecular complexity index is 780. The molecule has 0 N–H and O–H groups in total. The molecule has 2 heterocycles. The van der Waals surface area contributed by atoms with E-state index in [1.807, 2.05) is 36.4 Å². The summed E-state index contributed by atoms with van der Waals surface area (Å²) in [6, 6.07) is 11.5. The number of nitrogens with zero attached hydrogens (tertiary/aromatic N) is 1. The van der Waals surface area contributed by atoms with E-state index in [2.05, 4.69) is 35.9 Å². The van der Waals surface area contributed by atoms with Gasteiger partial charge in [0.25, 0.3) is 0 Å². The first-order chi connectivity index (χ1) is 12.7. The second kappa shape index (κ2) is 9.54. The van der Waals surface area contributed by atoms with Gasteiger partial charge in [-0.15, -0.1) is 0 Å². The van der Waals surface area contributed by atoms with Crippen molar-refractivity contribution in [1.82, 2.24) is 4.98 Å². The molecule has 0 saturated carbocycles. The van der Waals surface area contributed by atoms with Crippen molar-refractivity contribution >= 4 is 11.6 Å². The van der Waals surface area contributed by atoms with Crippen molar-refractivity contribution in [3.8, 4) is 23.1 Å². The smallest absolute Gasteiger partial charge is 0.222 e. The van der Waals surface area contributed by atoms with Gasteiger partial charge in [0, 0.05) is 28.3 Å². The Labute approximate surface area is 160 Å². The highest BCUT2D eigenvalue weighted by atomic mass is 35.5. The lowest BCUT2D eigenvalue weighted by Gasteiger charge is -2.24. The highest BCUT2D eigenvalue weighted by Gasteiger charge is 2.18. The number of pyridine rings is 1. The fourth-order valence-electron chi connectivity index (χ4n) is 2.57. The molecule has 3 rings (SSSR count). The number of unbranched alkanes of at least 4 members (excludes halogenated alkanes) is 1. The fourth-order valence-corrected chi connectivity index (χ4v) is 2.70.